The SMILES string of the molecule is Nc1ncc(-c2ccc(C=O)cc2)nc1[As]Cc1c(Cl)cccc1Cl. The number of aromatic nitrogens is 2. The van der Waals surface area contributed by atoms with Crippen LogP contribution in [0, 0.1) is 0 Å². The Morgan fingerprint density at radius 2 is 1.76 bits per heavy atom. The molecule has 0 fully saturated rings. The molecule has 0 aliphatic carbocycles. The monoisotopic (exact) mass is 432 g/mol. The van der Waals surface area contributed by atoms with Crippen molar-refractivity contribution in [1.82, 2.24) is 9.97 Å². The zero-order valence-electron chi connectivity index (χ0n) is 13.0. The number of nitrogen functional groups attached to an aromatic ring is 1. The Balaban J connectivity index is 1.85. The van der Waals surface area contributed by atoms with Crippen molar-refractivity contribution >= 4 is 55.5 Å². The molecule has 25 heavy (non-hydrogen) atoms. The van der Waals surface area contributed by atoms with Crippen molar-refractivity contribution < 1.29 is 4.79 Å². The van der Waals surface area contributed by atoms with Crippen LogP contribution in [0.1, 0.15) is 15.9 Å². The number of anilines is 1. The van der Waals surface area contributed by atoms with Gasteiger partial charge in [-0.2, -0.15) is 0 Å². The van der Waals surface area contributed by atoms with Crippen LogP contribution in [0.15, 0.2) is 48.7 Å². The van der Waals surface area contributed by atoms with Gasteiger partial charge in [0.2, 0.25) is 0 Å². The molecule has 1 heterocycles. The van der Waals surface area contributed by atoms with E-state index in [0.717, 1.165) is 27.6 Å². The van der Waals surface area contributed by atoms with Crippen LogP contribution in [0.2, 0.25) is 10.0 Å². The summed E-state index contributed by atoms with van der Waals surface area (Å²) in [4.78, 5) is 19.7. The zero-order valence-corrected chi connectivity index (χ0v) is 16.4. The number of aldehydes is 1. The fourth-order valence-electron chi connectivity index (χ4n) is 2.21. The Morgan fingerprint density at radius 3 is 2.40 bits per heavy atom. The van der Waals surface area contributed by atoms with E-state index in [4.69, 9.17) is 28.9 Å². The molecule has 0 saturated heterocycles. The molecule has 0 unspecified atom stereocenters. The van der Waals surface area contributed by atoms with E-state index < -0.39 is 0 Å². The third-order valence-electron chi connectivity index (χ3n) is 3.57. The molecule has 0 bridgehead atoms. The third kappa shape index (κ3) is 4.21. The van der Waals surface area contributed by atoms with Crippen LogP contribution < -0.4 is 10.2 Å². The molecular weight excluding hydrogens is 420 g/mol. The van der Waals surface area contributed by atoms with Crippen LogP contribution in [0.4, 0.5) is 5.82 Å². The van der Waals surface area contributed by atoms with Crippen molar-refractivity contribution in [2.45, 2.75) is 5.21 Å². The molecule has 0 aliphatic heterocycles. The molecule has 2 aromatic carbocycles. The van der Waals surface area contributed by atoms with E-state index in [9.17, 15) is 4.79 Å². The Morgan fingerprint density at radius 1 is 1.08 bits per heavy atom. The topological polar surface area (TPSA) is 68.9 Å². The number of nitrogens with zero attached hydrogens (tertiary/aromatic N) is 2. The van der Waals surface area contributed by atoms with Gasteiger partial charge in [0.15, 0.2) is 0 Å². The molecule has 2 N–H and O–H groups in total. The fraction of sp³-hybridized carbons (Fsp3) is 0.0556. The Hall–Kier alpha value is -1.87. The van der Waals surface area contributed by atoms with Crippen LogP contribution in [-0.2, 0) is 5.21 Å². The summed E-state index contributed by atoms with van der Waals surface area (Å²) in [6.07, 6.45) is 2.44. The van der Waals surface area contributed by atoms with Gasteiger partial charge in [-0.15, -0.1) is 0 Å². The van der Waals surface area contributed by atoms with Gasteiger partial charge in [0.25, 0.3) is 0 Å². The number of rotatable bonds is 5. The summed E-state index contributed by atoms with van der Waals surface area (Å²) in [5, 5.41) is 2.01. The minimum atomic E-state index is -0.384. The molecule has 1 aromatic heterocycles. The number of nitrogens with two attached hydrogens (primary N) is 1. The predicted molar refractivity (Wildman–Crippen MR) is 103 cm³/mol. The molecule has 3 rings (SSSR count). The first-order valence-electron chi connectivity index (χ1n) is 7.37. The third-order valence-corrected chi connectivity index (χ3v) is 6.59. The molecule has 1 radical (unpaired) electrons. The van der Waals surface area contributed by atoms with Crippen LogP contribution >= 0.6 is 23.2 Å². The van der Waals surface area contributed by atoms with Crippen molar-refractivity contribution in [3.8, 4) is 11.3 Å². The molecule has 7 heteroatoms. The second-order valence-electron chi connectivity index (χ2n) is 5.22. The van der Waals surface area contributed by atoms with Gasteiger partial charge < -0.3 is 0 Å². The van der Waals surface area contributed by atoms with Crippen LogP contribution in [-0.4, -0.2) is 32.0 Å². The average Bonchev–Trinajstić information content (AvgIpc) is 2.63. The van der Waals surface area contributed by atoms with E-state index in [0.29, 0.717) is 26.6 Å². The molecule has 4 nitrogen and oxygen atoms in total. The Kier molecular flexibility index (Phi) is 5.74. The van der Waals surface area contributed by atoms with Crippen molar-refractivity contribution in [3.05, 3.63) is 69.8 Å². The van der Waals surface area contributed by atoms with E-state index in [2.05, 4.69) is 9.97 Å². The number of benzene rings is 2. The van der Waals surface area contributed by atoms with Crippen LogP contribution in [0.5, 0.6) is 0 Å². The quantitative estimate of drug-likeness (QED) is 0.495. The number of hydrogen-bond donors (Lipinski definition) is 1. The number of carbonyl (C=O) groups is 1. The summed E-state index contributed by atoms with van der Waals surface area (Å²) in [6.45, 7) is 0. The maximum atomic E-state index is 10.8. The first-order valence-corrected chi connectivity index (χ1v) is 10.4. The first kappa shape index (κ1) is 17.9. The van der Waals surface area contributed by atoms with Gasteiger partial charge in [-0.05, 0) is 0 Å². The second kappa shape index (κ2) is 8.01. The zero-order chi connectivity index (χ0) is 17.8. The molecule has 3 aromatic rings. The average molecular weight is 433 g/mol. The van der Waals surface area contributed by atoms with E-state index in [1.165, 1.54) is 0 Å². The molecule has 0 amide bonds. The second-order valence-corrected chi connectivity index (χ2v) is 8.25. The van der Waals surface area contributed by atoms with Gasteiger partial charge in [0.05, 0.1) is 0 Å². The normalized spacial score (nSPS) is 11.1. The maximum absolute atomic E-state index is 10.8. The molecule has 0 aliphatic rings. The number of hydrogen-bond acceptors (Lipinski definition) is 4. The fourth-order valence-corrected chi connectivity index (χ4v) is 5.35. The van der Waals surface area contributed by atoms with Gasteiger partial charge in [0.1, 0.15) is 0 Å². The van der Waals surface area contributed by atoms with Crippen molar-refractivity contribution in [2.75, 3.05) is 5.73 Å². The van der Waals surface area contributed by atoms with E-state index in [-0.39, 0.29) is 15.8 Å². The van der Waals surface area contributed by atoms with E-state index in [1.807, 2.05) is 30.3 Å². The van der Waals surface area contributed by atoms with Crippen molar-refractivity contribution in [1.29, 1.82) is 0 Å². The van der Waals surface area contributed by atoms with Gasteiger partial charge in [-0.3, -0.25) is 0 Å². The predicted octanol–water partition coefficient (Wildman–Crippen LogP) is 3.37. The number of halogens is 2. The summed E-state index contributed by atoms with van der Waals surface area (Å²) in [5.41, 5.74) is 9.13. The molecule has 0 saturated carbocycles. The molecule has 0 atom stereocenters. The summed E-state index contributed by atoms with van der Waals surface area (Å²) in [5.74, 6) is 0.427. The summed E-state index contributed by atoms with van der Waals surface area (Å²) in [7, 11) is 0. The van der Waals surface area contributed by atoms with Gasteiger partial charge >= 0.3 is 162 Å². The number of carbonyl (C=O) groups excluding carboxylic acids is 1. The van der Waals surface area contributed by atoms with Crippen LogP contribution in [0.25, 0.3) is 11.3 Å². The Labute approximate surface area is 162 Å². The van der Waals surface area contributed by atoms with Crippen molar-refractivity contribution in [2.24, 2.45) is 0 Å². The minimum absolute atomic E-state index is 0.384. The summed E-state index contributed by atoms with van der Waals surface area (Å²) < 4.78 is 0.782. The molecule has 0 spiro atoms. The Bertz CT molecular complexity index is 896. The first-order chi connectivity index (χ1) is 12.1. The van der Waals surface area contributed by atoms with E-state index >= 15 is 0 Å². The standard InChI is InChI=1S/C18H13AsCl2N3O/c20-14-2-1-3-15(21)13(14)8-19-17-18(22)23-9-16(24-17)12-6-4-11(10-25)5-7-12/h1-7,9-10H,8H2,(H2,22,23). The summed E-state index contributed by atoms with van der Waals surface area (Å²) in [6, 6.07) is 12.6. The van der Waals surface area contributed by atoms with E-state index in [1.54, 1.807) is 18.3 Å². The van der Waals surface area contributed by atoms with Gasteiger partial charge in [0, 0.05) is 0 Å². The van der Waals surface area contributed by atoms with Crippen LogP contribution in [0.3, 0.4) is 0 Å². The summed E-state index contributed by atoms with van der Waals surface area (Å²) >= 11 is 12.1. The van der Waals surface area contributed by atoms with Crippen molar-refractivity contribution in [3.63, 3.8) is 0 Å². The molecule has 125 valence electrons. The molecular formula is C18H13AsCl2N3O. The van der Waals surface area contributed by atoms with Gasteiger partial charge in [-0.1, -0.05) is 0 Å². The van der Waals surface area contributed by atoms with Gasteiger partial charge in [-0.25, -0.2) is 0 Å².